The monoisotopic (exact) mass is 308 g/mol. The maximum absolute atomic E-state index is 12.6. The molecule has 3 atom stereocenters. The molecule has 2 saturated carbocycles. The van der Waals surface area contributed by atoms with E-state index in [0.29, 0.717) is 23.0 Å². The number of anilines is 1. The van der Waals surface area contributed by atoms with E-state index in [1.165, 1.54) is 25.7 Å². The smallest absolute Gasteiger partial charge is 0.240 e. The highest BCUT2D eigenvalue weighted by molar-refractivity contribution is 7.89. The van der Waals surface area contributed by atoms with Crippen molar-refractivity contribution < 1.29 is 8.42 Å². The van der Waals surface area contributed by atoms with Crippen LogP contribution in [0.25, 0.3) is 0 Å². The van der Waals surface area contributed by atoms with Gasteiger partial charge >= 0.3 is 0 Å². The highest BCUT2D eigenvalue weighted by Crippen LogP contribution is 2.48. The number of hydrogen-bond donors (Lipinski definition) is 2. The zero-order valence-corrected chi connectivity index (χ0v) is 13.5. The van der Waals surface area contributed by atoms with Crippen molar-refractivity contribution in [2.75, 3.05) is 12.3 Å². The van der Waals surface area contributed by atoms with Gasteiger partial charge in [-0.25, -0.2) is 13.1 Å². The summed E-state index contributed by atoms with van der Waals surface area (Å²) >= 11 is 0. The zero-order valence-electron chi connectivity index (χ0n) is 12.7. The number of nitrogen functional groups attached to an aromatic ring is 1. The van der Waals surface area contributed by atoms with Crippen LogP contribution in [-0.2, 0) is 10.0 Å². The molecule has 0 aliphatic heterocycles. The second-order valence-corrected chi connectivity index (χ2v) is 8.48. The van der Waals surface area contributed by atoms with Gasteiger partial charge < -0.3 is 5.73 Å². The molecule has 0 spiro atoms. The summed E-state index contributed by atoms with van der Waals surface area (Å²) in [5.74, 6) is 2.07. The van der Waals surface area contributed by atoms with Crippen molar-refractivity contribution in [1.29, 1.82) is 0 Å². The highest BCUT2D eigenvalue weighted by Gasteiger charge is 2.39. The Morgan fingerprint density at radius 3 is 2.62 bits per heavy atom. The average molecular weight is 308 g/mol. The van der Waals surface area contributed by atoms with Crippen LogP contribution in [0.1, 0.15) is 36.8 Å². The summed E-state index contributed by atoms with van der Waals surface area (Å²) in [6.45, 7) is 4.29. The fourth-order valence-electron chi connectivity index (χ4n) is 4.05. The second-order valence-electron chi connectivity index (χ2n) is 6.75. The fourth-order valence-corrected chi connectivity index (χ4v) is 5.50. The van der Waals surface area contributed by atoms with Crippen LogP contribution in [0.4, 0.5) is 5.69 Å². The topological polar surface area (TPSA) is 72.2 Å². The van der Waals surface area contributed by atoms with Crippen molar-refractivity contribution in [3.05, 3.63) is 23.3 Å². The number of hydrogen-bond acceptors (Lipinski definition) is 3. The first kappa shape index (κ1) is 14.9. The molecule has 116 valence electrons. The number of aryl methyl sites for hydroxylation is 1. The fraction of sp³-hybridized carbons (Fsp3) is 0.625. The summed E-state index contributed by atoms with van der Waals surface area (Å²) in [7, 11) is -3.47. The summed E-state index contributed by atoms with van der Waals surface area (Å²) in [5.41, 5.74) is 7.99. The third-order valence-electron chi connectivity index (χ3n) is 5.35. The van der Waals surface area contributed by atoms with E-state index in [2.05, 4.69) is 4.72 Å². The first-order valence-electron chi connectivity index (χ1n) is 7.73. The number of rotatable bonds is 4. The van der Waals surface area contributed by atoms with E-state index >= 15 is 0 Å². The van der Waals surface area contributed by atoms with Crippen molar-refractivity contribution >= 4 is 15.7 Å². The molecule has 1 aromatic rings. The average Bonchev–Trinajstić information content (AvgIpc) is 3.03. The predicted molar refractivity (Wildman–Crippen MR) is 84.5 cm³/mol. The minimum atomic E-state index is -3.47. The van der Waals surface area contributed by atoms with E-state index in [9.17, 15) is 8.42 Å². The number of benzene rings is 1. The molecule has 0 aromatic heterocycles. The SMILES string of the molecule is Cc1cc(N)cc(S(=O)(=O)NCC2CC3CCC2C3)c1C. The molecule has 21 heavy (non-hydrogen) atoms. The molecular weight excluding hydrogens is 284 g/mol. The summed E-state index contributed by atoms with van der Waals surface area (Å²) in [6, 6.07) is 3.37. The lowest BCUT2D eigenvalue weighted by Crippen LogP contribution is -2.32. The number of nitrogens with one attached hydrogen (secondary N) is 1. The molecule has 3 N–H and O–H groups in total. The molecule has 2 bridgehead atoms. The minimum Gasteiger partial charge on any atom is -0.399 e. The molecule has 2 fully saturated rings. The Morgan fingerprint density at radius 2 is 2.00 bits per heavy atom. The van der Waals surface area contributed by atoms with E-state index in [0.717, 1.165) is 23.0 Å². The Kier molecular flexibility index (Phi) is 3.74. The predicted octanol–water partition coefficient (Wildman–Crippen LogP) is 2.60. The van der Waals surface area contributed by atoms with Gasteiger partial charge in [0.25, 0.3) is 0 Å². The third kappa shape index (κ3) is 2.81. The minimum absolute atomic E-state index is 0.322. The van der Waals surface area contributed by atoms with Crippen LogP contribution in [0.15, 0.2) is 17.0 Å². The molecule has 0 amide bonds. The van der Waals surface area contributed by atoms with E-state index < -0.39 is 10.0 Å². The summed E-state index contributed by atoms with van der Waals surface area (Å²) in [6.07, 6.45) is 5.08. The number of sulfonamides is 1. The molecule has 4 nitrogen and oxygen atoms in total. The van der Waals surface area contributed by atoms with Gasteiger partial charge in [0.05, 0.1) is 4.90 Å². The van der Waals surface area contributed by atoms with Crippen LogP contribution in [-0.4, -0.2) is 15.0 Å². The quantitative estimate of drug-likeness (QED) is 0.840. The van der Waals surface area contributed by atoms with Gasteiger partial charge in [-0.15, -0.1) is 0 Å². The van der Waals surface area contributed by atoms with Crippen LogP contribution >= 0.6 is 0 Å². The molecule has 3 rings (SSSR count). The Bertz CT molecular complexity index is 654. The Balaban J connectivity index is 1.75. The molecule has 0 saturated heterocycles. The Labute approximate surface area is 127 Å². The van der Waals surface area contributed by atoms with Crippen LogP contribution in [0.5, 0.6) is 0 Å². The van der Waals surface area contributed by atoms with Gasteiger partial charge in [-0.1, -0.05) is 6.42 Å². The van der Waals surface area contributed by atoms with Gasteiger partial charge in [-0.2, -0.15) is 0 Å². The van der Waals surface area contributed by atoms with Gasteiger partial charge in [0.1, 0.15) is 0 Å². The van der Waals surface area contributed by atoms with Crippen LogP contribution in [0.2, 0.25) is 0 Å². The Morgan fingerprint density at radius 1 is 1.24 bits per heavy atom. The van der Waals surface area contributed by atoms with E-state index in [1.807, 2.05) is 19.9 Å². The standard InChI is InChI=1S/C16H24N2O2S/c1-10-5-15(17)8-16(11(10)2)21(19,20)18-9-14-7-12-3-4-13(14)6-12/h5,8,12-14,18H,3-4,6-7,9,17H2,1-2H3. The first-order chi connectivity index (χ1) is 9.87. The molecule has 3 unspecified atom stereocenters. The third-order valence-corrected chi connectivity index (χ3v) is 6.90. The lowest BCUT2D eigenvalue weighted by molar-refractivity contribution is 0.333. The zero-order chi connectivity index (χ0) is 15.2. The normalized spacial score (nSPS) is 28.2. The largest absolute Gasteiger partial charge is 0.399 e. The van der Waals surface area contributed by atoms with E-state index in [-0.39, 0.29) is 0 Å². The molecule has 0 heterocycles. The van der Waals surface area contributed by atoms with Gasteiger partial charge in [0, 0.05) is 12.2 Å². The lowest BCUT2D eigenvalue weighted by atomic mass is 9.89. The van der Waals surface area contributed by atoms with Crippen LogP contribution < -0.4 is 10.5 Å². The Hall–Kier alpha value is -1.07. The first-order valence-corrected chi connectivity index (χ1v) is 9.21. The van der Waals surface area contributed by atoms with Crippen molar-refractivity contribution in [3.63, 3.8) is 0 Å². The molecule has 1 aromatic carbocycles. The molecule has 2 aliphatic rings. The summed E-state index contributed by atoms with van der Waals surface area (Å²) < 4.78 is 27.9. The van der Waals surface area contributed by atoms with Crippen molar-refractivity contribution in [1.82, 2.24) is 4.72 Å². The van der Waals surface area contributed by atoms with Crippen LogP contribution in [0, 0.1) is 31.6 Å². The van der Waals surface area contributed by atoms with Crippen molar-refractivity contribution in [2.45, 2.75) is 44.4 Å². The number of nitrogens with two attached hydrogens (primary N) is 1. The van der Waals surface area contributed by atoms with Gasteiger partial charge in [0.2, 0.25) is 10.0 Å². The van der Waals surface area contributed by atoms with Crippen LogP contribution in [0.3, 0.4) is 0 Å². The summed E-state index contributed by atoms with van der Waals surface area (Å²) in [4.78, 5) is 0.322. The molecular formula is C16H24N2O2S. The highest BCUT2D eigenvalue weighted by atomic mass is 32.2. The molecule has 2 aliphatic carbocycles. The van der Waals surface area contributed by atoms with Crippen molar-refractivity contribution in [2.24, 2.45) is 17.8 Å². The van der Waals surface area contributed by atoms with E-state index in [1.54, 1.807) is 6.07 Å². The molecule has 5 heteroatoms. The lowest BCUT2D eigenvalue weighted by Gasteiger charge is -2.22. The molecule has 0 radical (unpaired) electrons. The maximum Gasteiger partial charge on any atom is 0.240 e. The van der Waals surface area contributed by atoms with Gasteiger partial charge in [-0.3, -0.25) is 0 Å². The maximum atomic E-state index is 12.6. The summed E-state index contributed by atoms with van der Waals surface area (Å²) in [5, 5.41) is 0. The second kappa shape index (κ2) is 5.29. The van der Waals surface area contributed by atoms with Crippen molar-refractivity contribution in [3.8, 4) is 0 Å². The van der Waals surface area contributed by atoms with Gasteiger partial charge in [0.15, 0.2) is 0 Å². The van der Waals surface area contributed by atoms with Gasteiger partial charge in [-0.05, 0) is 74.1 Å². The van der Waals surface area contributed by atoms with E-state index in [4.69, 9.17) is 5.73 Å². The number of fused-ring (bicyclic) bond motifs is 2.